The molecule has 0 saturated heterocycles. The summed E-state index contributed by atoms with van der Waals surface area (Å²) in [5.41, 5.74) is 0.289. The van der Waals surface area contributed by atoms with Crippen molar-refractivity contribution in [3.63, 3.8) is 0 Å². The van der Waals surface area contributed by atoms with Gasteiger partial charge in [0.1, 0.15) is 16.3 Å². The predicted octanol–water partition coefficient (Wildman–Crippen LogP) is 3.70. The van der Waals surface area contributed by atoms with Crippen LogP contribution in [-0.4, -0.2) is 27.8 Å². The number of carbonyl (C=O) groups excluding carboxylic acids is 1. The molecule has 0 spiro atoms. The number of nitrogens with zero attached hydrogens (tertiary/aromatic N) is 2. The number of hydrogen-bond donors (Lipinski definition) is 1. The Morgan fingerprint density at radius 3 is 2.88 bits per heavy atom. The number of aromatic nitrogens is 2. The first-order chi connectivity index (χ1) is 11.4. The summed E-state index contributed by atoms with van der Waals surface area (Å²) in [6.07, 6.45) is 0. The quantitative estimate of drug-likeness (QED) is 0.698. The van der Waals surface area contributed by atoms with Crippen LogP contribution < -0.4 is 5.56 Å². The highest BCUT2D eigenvalue weighted by Crippen LogP contribution is 2.25. The van der Waals surface area contributed by atoms with Crippen molar-refractivity contribution >= 4 is 50.7 Å². The Labute approximate surface area is 149 Å². The smallest absolute Gasteiger partial charge is 0.268 e. The molecule has 5 nitrogen and oxygen atoms in total. The Morgan fingerprint density at radius 2 is 2.12 bits per heavy atom. The molecule has 0 atom stereocenters. The van der Waals surface area contributed by atoms with E-state index in [4.69, 9.17) is 23.2 Å². The van der Waals surface area contributed by atoms with Crippen molar-refractivity contribution in [3.8, 4) is 0 Å². The molecule has 0 radical (unpaired) electrons. The van der Waals surface area contributed by atoms with Gasteiger partial charge < -0.3 is 9.88 Å². The molecule has 1 N–H and O–H groups in total. The van der Waals surface area contributed by atoms with Crippen LogP contribution in [0.2, 0.25) is 10.0 Å². The molecule has 2 heterocycles. The lowest BCUT2D eigenvalue weighted by atomic mass is 10.2. The van der Waals surface area contributed by atoms with Gasteiger partial charge in [0.25, 0.3) is 11.5 Å². The van der Waals surface area contributed by atoms with Gasteiger partial charge in [0, 0.05) is 7.05 Å². The molecule has 3 rings (SSSR count). The van der Waals surface area contributed by atoms with E-state index >= 15 is 0 Å². The molecule has 0 bridgehead atoms. The first-order valence-corrected chi connectivity index (χ1v) is 8.37. The molecule has 0 saturated carbocycles. The topological polar surface area (TPSA) is 66.1 Å². The number of nitrogens with one attached hydrogen (secondary N) is 1. The minimum Gasteiger partial charge on any atom is -0.334 e. The highest BCUT2D eigenvalue weighted by molar-refractivity contribution is 7.17. The molecule has 1 aromatic carbocycles. The summed E-state index contributed by atoms with van der Waals surface area (Å²) < 4.78 is 14.1. The number of carbonyl (C=O) groups is 1. The van der Waals surface area contributed by atoms with Gasteiger partial charge in [0.2, 0.25) is 0 Å². The lowest BCUT2D eigenvalue weighted by molar-refractivity contribution is 0.0781. The lowest BCUT2D eigenvalue weighted by Gasteiger charge is -2.17. The third-order valence-electron chi connectivity index (χ3n) is 3.34. The van der Waals surface area contributed by atoms with Crippen molar-refractivity contribution in [1.29, 1.82) is 0 Å². The number of aromatic amines is 1. The number of benzene rings is 1. The van der Waals surface area contributed by atoms with E-state index in [2.05, 4.69) is 9.97 Å². The van der Waals surface area contributed by atoms with Crippen LogP contribution in [0.25, 0.3) is 10.2 Å². The summed E-state index contributed by atoms with van der Waals surface area (Å²) >= 11 is 12.9. The van der Waals surface area contributed by atoms with Crippen LogP contribution >= 0.6 is 34.5 Å². The maximum Gasteiger partial charge on any atom is 0.268 e. The SMILES string of the molecule is CN(Cc1nc2ccsc2c(=O)[nH]1)C(=O)c1cc(F)c(Cl)cc1Cl. The second-order valence-electron chi connectivity index (χ2n) is 5.05. The van der Waals surface area contributed by atoms with E-state index in [1.54, 1.807) is 11.4 Å². The first-order valence-electron chi connectivity index (χ1n) is 6.73. The molecule has 124 valence electrons. The third-order valence-corrected chi connectivity index (χ3v) is 4.84. The Morgan fingerprint density at radius 1 is 1.38 bits per heavy atom. The Bertz CT molecular complexity index is 1000. The molecular weight excluding hydrogens is 376 g/mol. The second kappa shape index (κ2) is 6.51. The fourth-order valence-electron chi connectivity index (χ4n) is 2.19. The molecule has 0 aliphatic carbocycles. The number of H-pyrrole nitrogens is 1. The summed E-state index contributed by atoms with van der Waals surface area (Å²) in [7, 11) is 1.50. The van der Waals surface area contributed by atoms with Crippen molar-refractivity contribution in [1.82, 2.24) is 14.9 Å². The molecule has 0 unspecified atom stereocenters. The fourth-order valence-corrected chi connectivity index (χ4v) is 3.37. The van der Waals surface area contributed by atoms with E-state index in [0.29, 0.717) is 16.0 Å². The van der Waals surface area contributed by atoms with Crippen LogP contribution in [0.1, 0.15) is 16.2 Å². The average Bonchev–Trinajstić information content (AvgIpc) is 2.99. The molecular formula is C15H10Cl2FN3O2S. The zero-order valence-corrected chi connectivity index (χ0v) is 14.6. The highest BCUT2D eigenvalue weighted by Gasteiger charge is 2.19. The van der Waals surface area contributed by atoms with E-state index in [1.807, 2.05) is 0 Å². The van der Waals surface area contributed by atoms with Gasteiger partial charge >= 0.3 is 0 Å². The van der Waals surface area contributed by atoms with Crippen molar-refractivity contribution < 1.29 is 9.18 Å². The monoisotopic (exact) mass is 385 g/mol. The molecule has 9 heteroatoms. The van der Waals surface area contributed by atoms with Crippen LogP contribution in [0, 0.1) is 5.82 Å². The minimum atomic E-state index is -0.732. The number of hydrogen-bond acceptors (Lipinski definition) is 4. The summed E-state index contributed by atoms with van der Waals surface area (Å²) in [4.78, 5) is 32.6. The maximum atomic E-state index is 13.6. The summed E-state index contributed by atoms with van der Waals surface area (Å²) in [6, 6.07) is 3.89. The summed E-state index contributed by atoms with van der Waals surface area (Å²) in [6.45, 7) is 0.0421. The molecule has 2 aromatic heterocycles. The van der Waals surface area contributed by atoms with Gasteiger partial charge in [0.15, 0.2) is 0 Å². The molecule has 0 fully saturated rings. The molecule has 24 heavy (non-hydrogen) atoms. The van der Waals surface area contributed by atoms with E-state index in [-0.39, 0.29) is 27.7 Å². The van der Waals surface area contributed by atoms with Gasteiger partial charge in [0.05, 0.1) is 27.7 Å². The highest BCUT2D eigenvalue weighted by atomic mass is 35.5. The van der Waals surface area contributed by atoms with E-state index in [0.717, 1.165) is 6.07 Å². The first kappa shape index (κ1) is 16.9. The van der Waals surface area contributed by atoms with Gasteiger partial charge in [-0.25, -0.2) is 9.37 Å². The van der Waals surface area contributed by atoms with Gasteiger partial charge in [-0.15, -0.1) is 11.3 Å². The van der Waals surface area contributed by atoms with Crippen molar-refractivity contribution in [2.45, 2.75) is 6.54 Å². The second-order valence-corrected chi connectivity index (χ2v) is 6.79. The van der Waals surface area contributed by atoms with Crippen molar-refractivity contribution in [2.24, 2.45) is 0 Å². The molecule has 3 aromatic rings. The predicted molar refractivity (Wildman–Crippen MR) is 92.5 cm³/mol. The third kappa shape index (κ3) is 3.15. The lowest BCUT2D eigenvalue weighted by Crippen LogP contribution is -2.28. The number of amides is 1. The Kier molecular flexibility index (Phi) is 4.58. The molecule has 1 amide bonds. The van der Waals surface area contributed by atoms with Gasteiger partial charge in [-0.1, -0.05) is 23.2 Å². The standard InChI is InChI=1S/C15H10Cl2FN3O2S/c1-21(15(23)7-4-10(18)9(17)5-8(7)16)6-12-19-11-2-3-24-13(11)14(22)20-12/h2-5H,6H2,1H3,(H,19,20,22). The summed E-state index contributed by atoms with van der Waals surface area (Å²) in [5.74, 6) is -0.917. The van der Waals surface area contributed by atoms with Gasteiger partial charge in [-0.2, -0.15) is 0 Å². The molecule has 0 aliphatic heterocycles. The normalized spacial score (nSPS) is 11.0. The molecule has 0 aliphatic rings. The van der Waals surface area contributed by atoms with Crippen LogP contribution in [0.15, 0.2) is 28.4 Å². The number of rotatable bonds is 3. The Balaban J connectivity index is 1.88. The zero-order chi connectivity index (χ0) is 17.4. The maximum absolute atomic E-state index is 13.6. The van der Waals surface area contributed by atoms with Crippen molar-refractivity contribution in [3.05, 3.63) is 61.2 Å². The fraction of sp³-hybridized carbons (Fsp3) is 0.133. The van der Waals surface area contributed by atoms with E-state index in [9.17, 15) is 14.0 Å². The van der Waals surface area contributed by atoms with Crippen LogP contribution in [0.4, 0.5) is 4.39 Å². The zero-order valence-electron chi connectivity index (χ0n) is 12.3. The summed E-state index contributed by atoms with van der Waals surface area (Å²) in [5, 5.41) is 1.66. The number of halogens is 3. The largest absolute Gasteiger partial charge is 0.334 e. The van der Waals surface area contributed by atoms with E-state index < -0.39 is 11.7 Å². The minimum absolute atomic E-state index is 0.0139. The van der Waals surface area contributed by atoms with Gasteiger partial charge in [-0.3, -0.25) is 9.59 Å². The van der Waals surface area contributed by atoms with E-state index in [1.165, 1.54) is 29.4 Å². The number of thiophene rings is 1. The average molecular weight is 386 g/mol. The Hall–Kier alpha value is -1.96. The van der Waals surface area contributed by atoms with Gasteiger partial charge in [-0.05, 0) is 23.6 Å². The number of fused-ring (bicyclic) bond motifs is 1. The van der Waals surface area contributed by atoms with Crippen LogP contribution in [0.3, 0.4) is 0 Å². The van der Waals surface area contributed by atoms with Crippen molar-refractivity contribution in [2.75, 3.05) is 7.05 Å². The van der Waals surface area contributed by atoms with Crippen LogP contribution in [0.5, 0.6) is 0 Å². The van der Waals surface area contributed by atoms with Crippen LogP contribution in [-0.2, 0) is 6.54 Å².